The minimum absolute atomic E-state index is 0.136. The van der Waals surface area contributed by atoms with Crippen molar-refractivity contribution in [2.45, 2.75) is 30.2 Å². The van der Waals surface area contributed by atoms with E-state index in [0.717, 1.165) is 24.8 Å². The van der Waals surface area contributed by atoms with E-state index in [4.69, 9.17) is 9.47 Å². The molecule has 0 unspecified atom stereocenters. The van der Waals surface area contributed by atoms with Gasteiger partial charge in [0.15, 0.2) is 11.5 Å². The van der Waals surface area contributed by atoms with Gasteiger partial charge >= 0.3 is 0 Å². The number of rotatable bonds is 3. The summed E-state index contributed by atoms with van der Waals surface area (Å²) >= 11 is 0. The Morgan fingerprint density at radius 2 is 1.80 bits per heavy atom. The molecule has 1 aliphatic carbocycles. The predicted molar refractivity (Wildman–Crippen MR) is 94.5 cm³/mol. The Hall–Kier alpha value is -2.05. The van der Waals surface area contributed by atoms with Crippen LogP contribution in [0.4, 0.5) is 0 Å². The van der Waals surface area contributed by atoms with Crippen LogP contribution in [0.3, 0.4) is 0 Å². The molecule has 0 spiro atoms. The first-order valence-corrected chi connectivity index (χ1v) is 9.97. The number of hydrogen-bond acceptors (Lipinski definition) is 4. The van der Waals surface area contributed by atoms with Crippen molar-refractivity contribution >= 4 is 10.0 Å². The van der Waals surface area contributed by atoms with Gasteiger partial charge in [0.2, 0.25) is 10.0 Å². The molecular weight excluding hydrogens is 338 g/mol. The highest BCUT2D eigenvalue weighted by Gasteiger charge is 2.32. The lowest BCUT2D eigenvalue weighted by Crippen LogP contribution is -2.33. The second kappa shape index (κ2) is 6.35. The van der Waals surface area contributed by atoms with Crippen LogP contribution in [0.15, 0.2) is 47.4 Å². The SMILES string of the molecule is CN([C@H]1CCCc2ccccc21)S(=O)(=O)c1ccc2c(c1)OCCO2. The van der Waals surface area contributed by atoms with E-state index in [2.05, 4.69) is 6.07 Å². The van der Waals surface area contributed by atoms with Crippen molar-refractivity contribution in [1.29, 1.82) is 0 Å². The zero-order valence-electron chi connectivity index (χ0n) is 14.1. The third kappa shape index (κ3) is 2.89. The van der Waals surface area contributed by atoms with E-state index in [1.807, 2.05) is 18.2 Å². The molecule has 0 fully saturated rings. The summed E-state index contributed by atoms with van der Waals surface area (Å²) in [6.07, 6.45) is 2.82. The number of nitrogens with zero attached hydrogens (tertiary/aromatic N) is 1. The molecular formula is C19H21NO4S. The van der Waals surface area contributed by atoms with Crippen LogP contribution in [0, 0.1) is 0 Å². The third-order valence-corrected chi connectivity index (χ3v) is 6.83. The summed E-state index contributed by atoms with van der Waals surface area (Å²) in [4.78, 5) is 0.238. The number of hydrogen-bond donors (Lipinski definition) is 0. The first-order chi connectivity index (χ1) is 12.1. The second-order valence-corrected chi connectivity index (χ2v) is 8.43. The Kier molecular flexibility index (Phi) is 4.17. The Labute approximate surface area is 148 Å². The molecule has 0 aromatic heterocycles. The van der Waals surface area contributed by atoms with Gasteiger partial charge in [0.25, 0.3) is 0 Å². The van der Waals surface area contributed by atoms with E-state index < -0.39 is 10.0 Å². The van der Waals surface area contributed by atoms with E-state index in [1.54, 1.807) is 25.2 Å². The maximum absolute atomic E-state index is 13.2. The average molecular weight is 359 g/mol. The molecule has 0 saturated carbocycles. The van der Waals surface area contributed by atoms with Gasteiger partial charge in [0.05, 0.1) is 4.90 Å². The molecule has 1 aliphatic heterocycles. The van der Waals surface area contributed by atoms with E-state index in [1.165, 1.54) is 9.87 Å². The number of sulfonamides is 1. The maximum atomic E-state index is 13.2. The highest BCUT2D eigenvalue weighted by molar-refractivity contribution is 7.89. The lowest BCUT2D eigenvalue weighted by atomic mass is 9.88. The van der Waals surface area contributed by atoms with E-state index >= 15 is 0 Å². The fraction of sp³-hybridized carbons (Fsp3) is 0.368. The van der Waals surface area contributed by atoms with Crippen molar-refractivity contribution in [3.63, 3.8) is 0 Å². The highest BCUT2D eigenvalue weighted by atomic mass is 32.2. The Morgan fingerprint density at radius 3 is 2.64 bits per heavy atom. The van der Waals surface area contributed by atoms with Crippen LogP contribution < -0.4 is 9.47 Å². The van der Waals surface area contributed by atoms with Crippen LogP contribution in [0.1, 0.15) is 30.0 Å². The van der Waals surface area contributed by atoms with Crippen molar-refractivity contribution in [2.24, 2.45) is 0 Å². The zero-order valence-corrected chi connectivity index (χ0v) is 15.0. The normalized spacial score (nSPS) is 19.5. The molecule has 5 nitrogen and oxygen atoms in total. The smallest absolute Gasteiger partial charge is 0.243 e. The van der Waals surface area contributed by atoms with Gasteiger partial charge in [-0.05, 0) is 42.5 Å². The van der Waals surface area contributed by atoms with Gasteiger partial charge in [-0.3, -0.25) is 0 Å². The number of fused-ring (bicyclic) bond motifs is 2. The summed E-state index contributed by atoms with van der Waals surface area (Å²) in [5, 5.41) is 0. The molecule has 4 rings (SSSR count). The molecule has 2 aromatic carbocycles. The van der Waals surface area contributed by atoms with Crippen LogP contribution in [-0.2, 0) is 16.4 Å². The Balaban J connectivity index is 1.69. The summed E-state index contributed by atoms with van der Waals surface area (Å²) in [5.74, 6) is 1.08. The van der Waals surface area contributed by atoms with Crippen LogP contribution in [0.25, 0.3) is 0 Å². The van der Waals surface area contributed by atoms with Gasteiger partial charge in [-0.2, -0.15) is 4.31 Å². The highest BCUT2D eigenvalue weighted by Crippen LogP contribution is 2.38. The standard InChI is InChI=1S/C19H21NO4S/c1-20(17-8-4-6-14-5-2-3-7-16(14)17)25(21,22)15-9-10-18-19(13-15)24-12-11-23-18/h2-3,5,7,9-10,13,17H,4,6,8,11-12H2,1H3/t17-/m0/s1. The lowest BCUT2D eigenvalue weighted by Gasteiger charge is -2.32. The molecule has 0 bridgehead atoms. The van der Waals surface area contributed by atoms with Gasteiger partial charge < -0.3 is 9.47 Å². The van der Waals surface area contributed by atoms with E-state index in [0.29, 0.717) is 24.7 Å². The minimum Gasteiger partial charge on any atom is -0.486 e. The fourth-order valence-corrected chi connectivity index (χ4v) is 5.01. The zero-order chi connectivity index (χ0) is 17.4. The first-order valence-electron chi connectivity index (χ1n) is 8.53. The van der Waals surface area contributed by atoms with Crippen molar-refractivity contribution in [2.75, 3.05) is 20.3 Å². The van der Waals surface area contributed by atoms with E-state index in [-0.39, 0.29) is 10.9 Å². The topological polar surface area (TPSA) is 55.8 Å². The third-order valence-electron chi connectivity index (χ3n) is 4.97. The van der Waals surface area contributed by atoms with Gasteiger partial charge in [0, 0.05) is 19.2 Å². The van der Waals surface area contributed by atoms with Crippen LogP contribution >= 0.6 is 0 Å². The number of ether oxygens (including phenoxy) is 2. The molecule has 1 atom stereocenters. The summed E-state index contributed by atoms with van der Waals surface area (Å²) in [6.45, 7) is 0.917. The summed E-state index contributed by atoms with van der Waals surface area (Å²) in [6, 6.07) is 12.8. The molecule has 2 aromatic rings. The van der Waals surface area contributed by atoms with Gasteiger partial charge in [-0.15, -0.1) is 0 Å². The lowest BCUT2D eigenvalue weighted by molar-refractivity contribution is 0.171. The minimum atomic E-state index is -3.62. The monoisotopic (exact) mass is 359 g/mol. The molecule has 0 radical (unpaired) electrons. The summed E-state index contributed by atoms with van der Waals surface area (Å²) < 4.78 is 38.8. The van der Waals surface area contributed by atoms with Gasteiger partial charge in [-0.25, -0.2) is 8.42 Å². The molecule has 0 N–H and O–H groups in total. The molecule has 2 aliphatic rings. The molecule has 1 heterocycles. The first kappa shape index (κ1) is 16.4. The van der Waals surface area contributed by atoms with E-state index in [9.17, 15) is 8.42 Å². The van der Waals surface area contributed by atoms with Gasteiger partial charge in [0.1, 0.15) is 13.2 Å². The van der Waals surface area contributed by atoms with Crippen molar-refractivity contribution in [3.8, 4) is 11.5 Å². The van der Waals surface area contributed by atoms with Crippen LogP contribution in [-0.4, -0.2) is 33.0 Å². The van der Waals surface area contributed by atoms with Crippen molar-refractivity contribution in [3.05, 3.63) is 53.6 Å². The predicted octanol–water partition coefficient (Wildman–Crippen LogP) is 3.16. The number of aryl methyl sites for hydroxylation is 1. The molecule has 6 heteroatoms. The van der Waals surface area contributed by atoms with Crippen molar-refractivity contribution < 1.29 is 17.9 Å². The molecule has 0 saturated heterocycles. The summed E-state index contributed by atoms with van der Waals surface area (Å²) in [5.41, 5.74) is 2.35. The molecule has 132 valence electrons. The quantitative estimate of drug-likeness (QED) is 0.845. The van der Waals surface area contributed by atoms with Crippen LogP contribution in [0.2, 0.25) is 0 Å². The number of benzene rings is 2. The summed E-state index contributed by atoms with van der Waals surface area (Å²) in [7, 11) is -1.95. The Bertz CT molecular complexity index is 894. The fourth-order valence-electron chi connectivity index (χ4n) is 3.62. The molecule has 25 heavy (non-hydrogen) atoms. The largest absolute Gasteiger partial charge is 0.486 e. The average Bonchev–Trinajstić information content (AvgIpc) is 2.66. The Morgan fingerprint density at radius 1 is 1.04 bits per heavy atom. The van der Waals surface area contributed by atoms with Crippen molar-refractivity contribution in [1.82, 2.24) is 4.31 Å². The van der Waals surface area contributed by atoms with Crippen LogP contribution in [0.5, 0.6) is 11.5 Å². The second-order valence-electron chi connectivity index (χ2n) is 6.43. The maximum Gasteiger partial charge on any atom is 0.243 e. The van der Waals surface area contributed by atoms with Gasteiger partial charge in [-0.1, -0.05) is 24.3 Å². The molecule has 0 amide bonds.